The lowest BCUT2D eigenvalue weighted by Gasteiger charge is -2.18. The van der Waals surface area contributed by atoms with Crippen LogP contribution in [-0.4, -0.2) is 41.3 Å². The zero-order valence-corrected chi connectivity index (χ0v) is 22.5. The highest BCUT2D eigenvalue weighted by atomic mass is 16.5. The van der Waals surface area contributed by atoms with Crippen molar-refractivity contribution in [2.24, 2.45) is 0 Å². The molecule has 0 aliphatic heterocycles. The molecule has 2 atom stereocenters. The number of pyridine rings is 1. The van der Waals surface area contributed by atoms with Crippen LogP contribution < -0.4 is 20.9 Å². The van der Waals surface area contributed by atoms with Gasteiger partial charge in [0.1, 0.15) is 11.5 Å². The molecule has 0 saturated heterocycles. The quantitative estimate of drug-likeness (QED) is 0.103. The highest BCUT2D eigenvalue weighted by Crippen LogP contribution is 2.28. The van der Waals surface area contributed by atoms with Gasteiger partial charge in [-0.2, -0.15) is 0 Å². The summed E-state index contributed by atoms with van der Waals surface area (Å²) in [5.74, 6) is 0.778. The van der Waals surface area contributed by atoms with Gasteiger partial charge in [-0.25, -0.2) is 0 Å². The molecule has 1 aromatic heterocycles. The van der Waals surface area contributed by atoms with E-state index in [1.807, 2.05) is 54.6 Å². The summed E-state index contributed by atoms with van der Waals surface area (Å²) in [5.41, 5.74) is 2.70. The first-order valence-corrected chi connectivity index (χ1v) is 13.8. The standard InChI is InChI=1S/C32H37N3O5/c36-22-34-31(23-10-5-4-6-11-23)24-12-9-13-25(20-24)40-19-8-3-1-2-7-18-33-21-29(38)26-14-16-28(37)32-27(26)15-17-30(39)35-32/h4-6,9-17,20,22,29,31,33,37-38H,1-3,7-8,18-19,21H2,(H,34,36)(H,35,39). The van der Waals surface area contributed by atoms with Crippen LogP contribution in [0.3, 0.4) is 0 Å². The lowest BCUT2D eigenvalue weighted by Crippen LogP contribution is -2.22. The number of fused-ring (bicyclic) bond motifs is 1. The van der Waals surface area contributed by atoms with Gasteiger partial charge in [-0.15, -0.1) is 0 Å². The van der Waals surface area contributed by atoms with Crippen LogP contribution in [0.15, 0.2) is 83.7 Å². The maximum atomic E-state index is 11.6. The Morgan fingerprint density at radius 3 is 2.48 bits per heavy atom. The SMILES string of the molecule is O=CNC(c1ccccc1)c1cccc(OCCCCCCCNCC(O)c2ccc(O)c3[nH]c(=O)ccc23)c1. The summed E-state index contributed by atoms with van der Waals surface area (Å²) in [5, 5.41) is 27.5. The Morgan fingerprint density at radius 1 is 0.875 bits per heavy atom. The van der Waals surface area contributed by atoms with E-state index in [4.69, 9.17) is 4.74 Å². The first-order chi connectivity index (χ1) is 19.6. The Balaban J connectivity index is 1.12. The number of hydrogen-bond acceptors (Lipinski definition) is 6. The number of phenols is 1. The molecule has 0 aliphatic carbocycles. The molecule has 2 unspecified atom stereocenters. The van der Waals surface area contributed by atoms with Crippen molar-refractivity contribution >= 4 is 17.3 Å². The average Bonchev–Trinajstić information content (AvgIpc) is 2.97. The Morgan fingerprint density at radius 2 is 1.65 bits per heavy atom. The van der Waals surface area contributed by atoms with Gasteiger partial charge in [-0.05, 0) is 60.3 Å². The molecule has 40 heavy (non-hydrogen) atoms. The number of phenolic OH excluding ortho intramolecular Hbond substituents is 1. The fraction of sp³-hybridized carbons (Fsp3) is 0.312. The number of aromatic amines is 1. The predicted molar refractivity (Wildman–Crippen MR) is 157 cm³/mol. The number of aliphatic hydroxyl groups excluding tert-OH is 1. The molecule has 4 aromatic rings. The third-order valence-corrected chi connectivity index (χ3v) is 6.93. The van der Waals surface area contributed by atoms with E-state index in [0.717, 1.165) is 61.9 Å². The summed E-state index contributed by atoms with van der Waals surface area (Å²) in [4.78, 5) is 25.4. The van der Waals surface area contributed by atoms with Crippen LogP contribution in [0.5, 0.6) is 11.5 Å². The van der Waals surface area contributed by atoms with Gasteiger partial charge in [0.2, 0.25) is 12.0 Å². The molecule has 3 aromatic carbocycles. The molecule has 210 valence electrons. The summed E-state index contributed by atoms with van der Waals surface area (Å²) < 4.78 is 5.98. The van der Waals surface area contributed by atoms with Gasteiger partial charge >= 0.3 is 0 Å². The Hall–Kier alpha value is -4.14. The van der Waals surface area contributed by atoms with Gasteiger partial charge in [0, 0.05) is 18.0 Å². The zero-order valence-electron chi connectivity index (χ0n) is 22.5. The van der Waals surface area contributed by atoms with Crippen LogP contribution in [0.2, 0.25) is 0 Å². The number of aromatic nitrogens is 1. The first kappa shape index (κ1) is 28.9. The third kappa shape index (κ3) is 7.94. The van der Waals surface area contributed by atoms with Gasteiger partial charge < -0.3 is 30.6 Å². The van der Waals surface area contributed by atoms with E-state index in [0.29, 0.717) is 29.6 Å². The number of benzene rings is 3. The molecule has 0 spiro atoms. The second-order valence-corrected chi connectivity index (χ2v) is 9.82. The predicted octanol–water partition coefficient (Wildman–Crippen LogP) is 4.72. The van der Waals surface area contributed by atoms with Crippen molar-refractivity contribution in [1.82, 2.24) is 15.6 Å². The van der Waals surface area contributed by atoms with Crippen molar-refractivity contribution in [3.05, 3.63) is 106 Å². The van der Waals surface area contributed by atoms with Crippen molar-refractivity contribution < 1.29 is 19.7 Å². The van der Waals surface area contributed by atoms with E-state index in [2.05, 4.69) is 15.6 Å². The molecular weight excluding hydrogens is 506 g/mol. The van der Waals surface area contributed by atoms with Crippen LogP contribution in [0.4, 0.5) is 0 Å². The molecule has 4 rings (SSSR count). The largest absolute Gasteiger partial charge is 0.506 e. The molecule has 0 bridgehead atoms. The molecule has 8 heteroatoms. The second-order valence-electron chi connectivity index (χ2n) is 9.82. The lowest BCUT2D eigenvalue weighted by atomic mass is 9.99. The lowest BCUT2D eigenvalue weighted by molar-refractivity contribution is -0.110. The number of carbonyl (C=O) groups excluding carboxylic acids is 1. The summed E-state index contributed by atoms with van der Waals surface area (Å²) in [7, 11) is 0. The van der Waals surface area contributed by atoms with Gasteiger partial charge in [0.25, 0.3) is 0 Å². The van der Waals surface area contributed by atoms with Crippen LogP contribution in [0.25, 0.3) is 10.9 Å². The molecule has 0 aliphatic rings. The highest BCUT2D eigenvalue weighted by molar-refractivity contribution is 5.87. The van der Waals surface area contributed by atoms with Crippen molar-refractivity contribution in [1.29, 1.82) is 0 Å². The Labute approximate surface area is 234 Å². The van der Waals surface area contributed by atoms with Crippen LogP contribution >= 0.6 is 0 Å². The number of rotatable bonds is 16. The zero-order chi connectivity index (χ0) is 28.2. The number of H-pyrrole nitrogens is 1. The molecule has 0 fully saturated rings. The number of aliphatic hydroxyl groups is 1. The van der Waals surface area contributed by atoms with Gasteiger partial charge in [0.15, 0.2) is 0 Å². The minimum Gasteiger partial charge on any atom is -0.506 e. The topological polar surface area (TPSA) is 124 Å². The first-order valence-electron chi connectivity index (χ1n) is 13.8. The fourth-order valence-corrected chi connectivity index (χ4v) is 4.85. The number of aromatic hydroxyl groups is 1. The number of carbonyl (C=O) groups is 1. The van der Waals surface area contributed by atoms with Crippen molar-refractivity contribution in [2.45, 2.75) is 44.2 Å². The van der Waals surface area contributed by atoms with Crippen LogP contribution in [-0.2, 0) is 4.79 Å². The Bertz CT molecular complexity index is 1420. The smallest absolute Gasteiger partial charge is 0.248 e. The van der Waals surface area contributed by atoms with Crippen molar-refractivity contribution in [2.75, 3.05) is 19.7 Å². The molecule has 8 nitrogen and oxygen atoms in total. The average molecular weight is 544 g/mol. The molecule has 5 N–H and O–H groups in total. The van der Waals surface area contributed by atoms with Gasteiger partial charge in [-0.3, -0.25) is 9.59 Å². The summed E-state index contributed by atoms with van der Waals surface area (Å²) in [6.45, 7) is 1.82. The second kappa shape index (κ2) is 14.9. The molecule has 1 heterocycles. The molecule has 0 saturated carbocycles. The highest BCUT2D eigenvalue weighted by Gasteiger charge is 2.15. The minimum absolute atomic E-state index is 0.0147. The number of ether oxygens (including phenoxy) is 1. The van der Waals surface area contributed by atoms with E-state index < -0.39 is 6.10 Å². The number of unbranched alkanes of at least 4 members (excludes halogenated alkanes) is 4. The summed E-state index contributed by atoms with van der Waals surface area (Å²) >= 11 is 0. The summed E-state index contributed by atoms with van der Waals surface area (Å²) in [6, 6.07) is 23.7. The van der Waals surface area contributed by atoms with E-state index in [9.17, 15) is 19.8 Å². The van der Waals surface area contributed by atoms with Gasteiger partial charge in [0.05, 0.1) is 24.3 Å². The molecule has 0 radical (unpaired) electrons. The molecule has 1 amide bonds. The third-order valence-electron chi connectivity index (χ3n) is 6.93. The van der Waals surface area contributed by atoms with Crippen molar-refractivity contribution in [3.8, 4) is 11.5 Å². The maximum absolute atomic E-state index is 11.6. The maximum Gasteiger partial charge on any atom is 0.248 e. The monoisotopic (exact) mass is 543 g/mol. The normalized spacial score (nSPS) is 12.6. The number of amides is 1. The Kier molecular flexibility index (Phi) is 10.7. The number of hydrogen-bond donors (Lipinski definition) is 5. The van der Waals surface area contributed by atoms with E-state index in [-0.39, 0.29) is 17.4 Å². The molecular formula is C32H37N3O5. The van der Waals surface area contributed by atoms with E-state index >= 15 is 0 Å². The van der Waals surface area contributed by atoms with E-state index in [1.165, 1.54) is 12.1 Å². The van der Waals surface area contributed by atoms with Crippen LogP contribution in [0.1, 0.15) is 60.9 Å². The van der Waals surface area contributed by atoms with Crippen molar-refractivity contribution in [3.63, 3.8) is 0 Å². The van der Waals surface area contributed by atoms with Gasteiger partial charge in [-0.1, -0.05) is 67.8 Å². The fourth-order valence-electron chi connectivity index (χ4n) is 4.85. The number of nitrogens with one attached hydrogen (secondary N) is 3. The summed E-state index contributed by atoms with van der Waals surface area (Å²) in [6.07, 6.45) is 5.19. The minimum atomic E-state index is -0.748. The van der Waals surface area contributed by atoms with E-state index in [1.54, 1.807) is 12.1 Å². The van der Waals surface area contributed by atoms with Crippen LogP contribution in [0, 0.1) is 0 Å².